The average Bonchev–Trinajstić information content (AvgIpc) is 3.05. The fourth-order valence-electron chi connectivity index (χ4n) is 3.80. The van der Waals surface area contributed by atoms with Crippen LogP contribution in [0.4, 0.5) is 30.7 Å². The van der Waals surface area contributed by atoms with E-state index in [1.807, 2.05) is 0 Å². The summed E-state index contributed by atoms with van der Waals surface area (Å²) < 4.78 is 91.8. The molecule has 3 atom stereocenters. The van der Waals surface area contributed by atoms with Gasteiger partial charge in [0.1, 0.15) is 6.23 Å². The molecule has 0 spiro atoms. The van der Waals surface area contributed by atoms with E-state index in [1.165, 1.54) is 12.1 Å². The number of aliphatic hydroxyl groups is 1. The fraction of sp³-hybridized carbons (Fsp3) is 0.364. The Morgan fingerprint density at radius 2 is 1.70 bits per heavy atom. The van der Waals surface area contributed by atoms with Gasteiger partial charge in [0.25, 0.3) is 0 Å². The summed E-state index contributed by atoms with van der Waals surface area (Å²) in [5.41, 5.74) is 1.56. The molecule has 3 rings (SSSR count). The van der Waals surface area contributed by atoms with Gasteiger partial charge in [0.15, 0.2) is 5.82 Å². The molecule has 1 aliphatic rings. The maximum Gasteiger partial charge on any atom is 0.399 e. The van der Waals surface area contributed by atoms with Gasteiger partial charge in [0.2, 0.25) is 0 Å². The SMILES string of the molecule is OC(CC(F)(F)F)NC1CCc2cc(/C=C/C(c3cc(Cl)c(F)c(Cl)c3)C(F)(F)F)ccc21. The Balaban J connectivity index is 1.80. The van der Waals surface area contributed by atoms with E-state index in [9.17, 15) is 35.8 Å². The van der Waals surface area contributed by atoms with E-state index in [0.29, 0.717) is 24.0 Å². The van der Waals surface area contributed by atoms with Crippen LogP contribution < -0.4 is 5.32 Å². The van der Waals surface area contributed by atoms with E-state index in [-0.39, 0.29) is 5.56 Å². The predicted molar refractivity (Wildman–Crippen MR) is 112 cm³/mol. The molecule has 0 aromatic heterocycles. The lowest BCUT2D eigenvalue weighted by Crippen LogP contribution is -2.35. The van der Waals surface area contributed by atoms with Gasteiger partial charge in [-0.2, -0.15) is 26.3 Å². The number of allylic oxidation sites excluding steroid dienone is 1. The summed E-state index contributed by atoms with van der Waals surface area (Å²) in [5.74, 6) is -3.09. The van der Waals surface area contributed by atoms with Crippen molar-refractivity contribution in [3.8, 4) is 0 Å². The van der Waals surface area contributed by atoms with Gasteiger partial charge >= 0.3 is 12.4 Å². The summed E-state index contributed by atoms with van der Waals surface area (Å²) in [6, 6.07) is 6.02. The van der Waals surface area contributed by atoms with Crippen molar-refractivity contribution in [1.82, 2.24) is 5.32 Å². The predicted octanol–water partition coefficient (Wildman–Crippen LogP) is 7.34. The van der Waals surface area contributed by atoms with Crippen molar-refractivity contribution in [3.05, 3.63) is 74.5 Å². The number of nitrogens with one attached hydrogen (secondary N) is 1. The van der Waals surface area contributed by atoms with Gasteiger partial charge in [-0.15, -0.1) is 0 Å². The quantitative estimate of drug-likeness (QED) is 0.239. The molecule has 11 heteroatoms. The van der Waals surface area contributed by atoms with Crippen LogP contribution in [0.1, 0.15) is 47.1 Å². The van der Waals surface area contributed by atoms with Crippen LogP contribution in [-0.2, 0) is 6.42 Å². The highest BCUT2D eigenvalue weighted by Gasteiger charge is 2.39. The monoisotopic (exact) mass is 515 g/mol. The normalized spacial score (nSPS) is 18.5. The highest BCUT2D eigenvalue weighted by atomic mass is 35.5. The van der Waals surface area contributed by atoms with Crippen LogP contribution in [0.15, 0.2) is 36.4 Å². The summed E-state index contributed by atoms with van der Waals surface area (Å²) in [6.07, 6.45) is -9.28. The molecule has 33 heavy (non-hydrogen) atoms. The van der Waals surface area contributed by atoms with Crippen molar-refractivity contribution in [2.45, 2.75) is 49.8 Å². The number of benzene rings is 2. The Morgan fingerprint density at radius 3 is 2.27 bits per heavy atom. The second-order valence-electron chi connectivity index (χ2n) is 7.73. The van der Waals surface area contributed by atoms with E-state index in [2.05, 4.69) is 5.32 Å². The molecule has 3 unspecified atom stereocenters. The Morgan fingerprint density at radius 1 is 1.06 bits per heavy atom. The molecule has 0 saturated carbocycles. The Kier molecular flexibility index (Phi) is 7.68. The van der Waals surface area contributed by atoms with Crippen LogP contribution in [0.5, 0.6) is 0 Å². The molecular weight excluding hydrogens is 498 g/mol. The molecule has 0 fully saturated rings. The molecular formula is C22H18Cl2F7NO. The molecule has 0 bridgehead atoms. The number of alkyl halides is 6. The lowest BCUT2D eigenvalue weighted by molar-refractivity contribution is -0.157. The molecule has 0 amide bonds. The number of hydrogen-bond donors (Lipinski definition) is 2. The van der Waals surface area contributed by atoms with Crippen molar-refractivity contribution in [3.63, 3.8) is 0 Å². The van der Waals surface area contributed by atoms with Gasteiger partial charge in [-0.1, -0.05) is 53.6 Å². The minimum Gasteiger partial charge on any atom is -0.378 e. The van der Waals surface area contributed by atoms with Gasteiger partial charge in [0.05, 0.1) is 22.4 Å². The maximum absolute atomic E-state index is 13.6. The van der Waals surface area contributed by atoms with Gasteiger partial charge < -0.3 is 5.11 Å². The standard InChI is InChI=1S/C22H18Cl2F7NO/c23-16-8-13(9-17(24)20(16)25)15(22(29,30)31)5-2-11-1-4-14-12(7-11)3-6-18(14)32-19(33)10-21(26,27)28/h1-2,4-5,7-9,15,18-19,32-33H,3,6,10H2/b5-2+. The van der Waals surface area contributed by atoms with Gasteiger partial charge in [-0.3, -0.25) is 5.32 Å². The first-order valence-corrected chi connectivity index (χ1v) is 10.5. The van der Waals surface area contributed by atoms with Gasteiger partial charge in [-0.25, -0.2) is 4.39 Å². The zero-order valence-corrected chi connectivity index (χ0v) is 18.3. The second kappa shape index (κ2) is 9.82. The third-order valence-corrected chi connectivity index (χ3v) is 5.81. The molecule has 0 saturated heterocycles. The van der Waals surface area contributed by atoms with Crippen LogP contribution >= 0.6 is 23.2 Å². The first-order valence-electron chi connectivity index (χ1n) is 9.77. The third kappa shape index (κ3) is 6.62. The highest BCUT2D eigenvalue weighted by molar-refractivity contribution is 6.35. The number of rotatable bonds is 6. The molecule has 2 aromatic carbocycles. The van der Waals surface area contributed by atoms with Crippen LogP contribution in [0.25, 0.3) is 6.08 Å². The Labute approximate surface area is 195 Å². The number of aliphatic hydroxyl groups excluding tert-OH is 1. The molecule has 2 nitrogen and oxygen atoms in total. The lowest BCUT2D eigenvalue weighted by Gasteiger charge is -2.20. The van der Waals surface area contributed by atoms with Crippen molar-refractivity contribution >= 4 is 29.3 Å². The summed E-state index contributed by atoms with van der Waals surface area (Å²) in [4.78, 5) is 0. The summed E-state index contributed by atoms with van der Waals surface area (Å²) >= 11 is 11.3. The number of halogens is 9. The maximum atomic E-state index is 13.6. The van der Waals surface area contributed by atoms with Crippen LogP contribution in [0, 0.1) is 5.82 Å². The van der Waals surface area contributed by atoms with Crippen molar-refractivity contribution in [2.24, 2.45) is 0 Å². The van der Waals surface area contributed by atoms with Crippen molar-refractivity contribution in [2.75, 3.05) is 0 Å². The van der Waals surface area contributed by atoms with E-state index >= 15 is 0 Å². The highest BCUT2D eigenvalue weighted by Crippen LogP contribution is 2.40. The zero-order valence-electron chi connectivity index (χ0n) is 16.7. The smallest absolute Gasteiger partial charge is 0.378 e. The van der Waals surface area contributed by atoms with Crippen molar-refractivity contribution < 1.29 is 35.8 Å². The van der Waals surface area contributed by atoms with Crippen LogP contribution in [0.2, 0.25) is 10.0 Å². The summed E-state index contributed by atoms with van der Waals surface area (Å²) in [7, 11) is 0. The van der Waals surface area contributed by atoms with E-state index < -0.39 is 52.8 Å². The van der Waals surface area contributed by atoms with E-state index in [0.717, 1.165) is 23.8 Å². The second-order valence-corrected chi connectivity index (χ2v) is 8.54. The summed E-state index contributed by atoms with van der Waals surface area (Å²) in [5, 5.41) is 11.1. The Hall–Kier alpha value is -1.81. The minimum absolute atomic E-state index is 0.320. The van der Waals surface area contributed by atoms with Gasteiger partial charge in [-0.05, 0) is 47.2 Å². The molecule has 180 valence electrons. The molecule has 2 aromatic rings. The first-order chi connectivity index (χ1) is 15.2. The molecule has 1 aliphatic carbocycles. The van der Waals surface area contributed by atoms with Gasteiger partial charge in [0, 0.05) is 6.04 Å². The fourth-order valence-corrected chi connectivity index (χ4v) is 4.30. The number of aryl methyl sites for hydroxylation is 1. The van der Waals surface area contributed by atoms with E-state index in [4.69, 9.17) is 23.2 Å². The molecule has 0 aliphatic heterocycles. The average molecular weight is 516 g/mol. The van der Waals surface area contributed by atoms with Crippen molar-refractivity contribution in [1.29, 1.82) is 0 Å². The minimum atomic E-state index is -4.69. The zero-order chi connectivity index (χ0) is 24.6. The van der Waals surface area contributed by atoms with Crippen LogP contribution in [0.3, 0.4) is 0 Å². The topological polar surface area (TPSA) is 32.3 Å². The molecule has 0 radical (unpaired) electrons. The van der Waals surface area contributed by atoms with Crippen LogP contribution in [-0.4, -0.2) is 23.7 Å². The summed E-state index contributed by atoms with van der Waals surface area (Å²) in [6.45, 7) is 0. The third-order valence-electron chi connectivity index (χ3n) is 5.26. The molecule has 0 heterocycles. The Bertz CT molecular complexity index is 1010. The molecule has 2 N–H and O–H groups in total. The largest absolute Gasteiger partial charge is 0.399 e. The number of hydrogen-bond acceptors (Lipinski definition) is 2. The lowest BCUT2D eigenvalue weighted by atomic mass is 9.96. The first kappa shape index (κ1) is 25.8. The van der Waals surface area contributed by atoms with E-state index in [1.54, 1.807) is 12.1 Å². The number of fused-ring (bicyclic) bond motifs is 1.